The molecule has 1 aromatic carbocycles. The van der Waals surface area contributed by atoms with Gasteiger partial charge in [0.05, 0.1) is 5.52 Å². The molecule has 0 atom stereocenters. The number of para-hydroxylation sites is 1. The van der Waals surface area contributed by atoms with Gasteiger partial charge in [-0.05, 0) is 38.1 Å². The summed E-state index contributed by atoms with van der Waals surface area (Å²) in [6.07, 6.45) is 7.08. The number of hydrogen-bond acceptors (Lipinski definition) is 2. The van der Waals surface area contributed by atoms with Gasteiger partial charge in [0.25, 0.3) is 0 Å². The Balaban J connectivity index is 1.78. The lowest BCUT2D eigenvalue weighted by Crippen LogP contribution is -2.32. The van der Waals surface area contributed by atoms with Crippen LogP contribution in [-0.4, -0.2) is 35.4 Å². The second-order valence-corrected chi connectivity index (χ2v) is 5.31. The van der Waals surface area contributed by atoms with E-state index in [1.54, 1.807) is 0 Å². The molecule has 2 heterocycles. The monoisotopic (exact) mass is 256 g/mol. The number of aromatic nitrogens is 1. The van der Waals surface area contributed by atoms with Gasteiger partial charge in [-0.2, -0.15) is 0 Å². The van der Waals surface area contributed by atoms with E-state index in [-0.39, 0.29) is 0 Å². The summed E-state index contributed by atoms with van der Waals surface area (Å²) in [5.74, 6) is 0. The molecular formula is C16H20N2O. The molecule has 1 aliphatic heterocycles. The maximum atomic E-state index is 11.2. The van der Waals surface area contributed by atoms with Crippen molar-refractivity contribution in [1.82, 2.24) is 9.47 Å². The molecule has 1 fully saturated rings. The highest BCUT2D eigenvalue weighted by atomic mass is 16.1. The Morgan fingerprint density at radius 3 is 2.68 bits per heavy atom. The Bertz CT molecular complexity index is 567. The molecule has 100 valence electrons. The van der Waals surface area contributed by atoms with E-state index in [0.29, 0.717) is 0 Å². The first-order valence-corrected chi connectivity index (χ1v) is 7.14. The minimum Gasteiger partial charge on any atom is -0.346 e. The molecule has 0 N–H and O–H groups in total. The minimum absolute atomic E-state index is 0.793. The van der Waals surface area contributed by atoms with E-state index >= 15 is 0 Å². The third kappa shape index (κ3) is 2.56. The van der Waals surface area contributed by atoms with E-state index < -0.39 is 0 Å². The number of fused-ring (bicyclic) bond motifs is 1. The molecule has 0 spiro atoms. The van der Waals surface area contributed by atoms with Gasteiger partial charge < -0.3 is 9.47 Å². The van der Waals surface area contributed by atoms with E-state index in [9.17, 15) is 4.79 Å². The predicted octanol–water partition coefficient (Wildman–Crippen LogP) is 2.94. The minimum atomic E-state index is 0.793. The van der Waals surface area contributed by atoms with Crippen molar-refractivity contribution >= 4 is 17.2 Å². The number of piperidine rings is 1. The molecule has 3 heteroatoms. The zero-order valence-corrected chi connectivity index (χ0v) is 11.2. The van der Waals surface area contributed by atoms with Crippen LogP contribution in [0.1, 0.15) is 29.6 Å². The molecule has 0 saturated carbocycles. The fourth-order valence-corrected chi connectivity index (χ4v) is 3.00. The van der Waals surface area contributed by atoms with Gasteiger partial charge in [0, 0.05) is 30.2 Å². The van der Waals surface area contributed by atoms with Gasteiger partial charge in [0.1, 0.15) is 0 Å². The van der Waals surface area contributed by atoms with Crippen LogP contribution < -0.4 is 0 Å². The Morgan fingerprint density at radius 2 is 1.89 bits per heavy atom. The lowest BCUT2D eigenvalue weighted by molar-refractivity contribution is 0.112. The molecule has 0 amide bonds. The lowest BCUT2D eigenvalue weighted by atomic mass is 10.1. The van der Waals surface area contributed by atoms with Gasteiger partial charge in [0.15, 0.2) is 6.29 Å². The third-order valence-electron chi connectivity index (χ3n) is 4.05. The van der Waals surface area contributed by atoms with Crippen molar-refractivity contribution in [2.24, 2.45) is 0 Å². The molecule has 2 aromatic rings. The highest BCUT2D eigenvalue weighted by Crippen LogP contribution is 2.19. The first-order chi connectivity index (χ1) is 9.38. The molecule has 3 rings (SSSR count). The standard InChI is InChI=1S/C16H20N2O/c19-13-15-6-4-5-14-7-10-18(16(14)15)12-11-17-8-2-1-3-9-17/h4-7,10,13H,1-3,8-9,11-12H2. The topological polar surface area (TPSA) is 25.2 Å². The lowest BCUT2D eigenvalue weighted by Gasteiger charge is -2.26. The summed E-state index contributed by atoms with van der Waals surface area (Å²) in [7, 11) is 0. The first-order valence-electron chi connectivity index (χ1n) is 7.14. The van der Waals surface area contributed by atoms with Gasteiger partial charge in [-0.25, -0.2) is 0 Å². The maximum Gasteiger partial charge on any atom is 0.152 e. The molecule has 19 heavy (non-hydrogen) atoms. The molecule has 0 unspecified atom stereocenters. The molecule has 0 bridgehead atoms. The van der Waals surface area contributed by atoms with E-state index in [2.05, 4.69) is 27.8 Å². The zero-order valence-electron chi connectivity index (χ0n) is 11.2. The quantitative estimate of drug-likeness (QED) is 0.786. The van der Waals surface area contributed by atoms with Crippen LogP contribution >= 0.6 is 0 Å². The summed E-state index contributed by atoms with van der Waals surface area (Å²) < 4.78 is 2.22. The highest BCUT2D eigenvalue weighted by Gasteiger charge is 2.11. The Morgan fingerprint density at radius 1 is 1.05 bits per heavy atom. The number of aldehydes is 1. The summed E-state index contributed by atoms with van der Waals surface area (Å²) in [5, 5.41) is 1.16. The second kappa shape index (κ2) is 5.57. The van der Waals surface area contributed by atoms with Crippen LogP contribution in [0.15, 0.2) is 30.5 Å². The summed E-state index contributed by atoms with van der Waals surface area (Å²) >= 11 is 0. The van der Waals surface area contributed by atoms with Crippen molar-refractivity contribution in [3.63, 3.8) is 0 Å². The first kappa shape index (κ1) is 12.4. The number of benzene rings is 1. The number of likely N-dealkylation sites (tertiary alicyclic amines) is 1. The van der Waals surface area contributed by atoms with Crippen LogP contribution in [0.2, 0.25) is 0 Å². The summed E-state index contributed by atoms with van der Waals surface area (Å²) in [6.45, 7) is 4.49. The predicted molar refractivity (Wildman–Crippen MR) is 77.6 cm³/mol. The van der Waals surface area contributed by atoms with E-state index in [1.165, 1.54) is 32.4 Å². The van der Waals surface area contributed by atoms with Gasteiger partial charge in [0.2, 0.25) is 0 Å². The van der Waals surface area contributed by atoms with Crippen LogP contribution in [0.25, 0.3) is 10.9 Å². The van der Waals surface area contributed by atoms with Gasteiger partial charge in [-0.1, -0.05) is 18.6 Å². The summed E-state index contributed by atoms with van der Waals surface area (Å²) in [6, 6.07) is 8.01. The van der Waals surface area contributed by atoms with Gasteiger partial charge in [-0.3, -0.25) is 4.79 Å². The number of rotatable bonds is 4. The summed E-state index contributed by atoms with van der Waals surface area (Å²) in [5.41, 5.74) is 1.87. The Hall–Kier alpha value is -1.61. The average molecular weight is 256 g/mol. The van der Waals surface area contributed by atoms with Crippen molar-refractivity contribution in [3.05, 3.63) is 36.0 Å². The number of hydrogen-bond donors (Lipinski definition) is 0. The van der Waals surface area contributed by atoms with Crippen molar-refractivity contribution in [1.29, 1.82) is 0 Å². The van der Waals surface area contributed by atoms with E-state index in [1.807, 2.05) is 12.1 Å². The normalized spacial score (nSPS) is 16.8. The number of carbonyl (C=O) groups excluding carboxylic acids is 1. The van der Waals surface area contributed by atoms with Gasteiger partial charge >= 0.3 is 0 Å². The SMILES string of the molecule is O=Cc1cccc2ccn(CCN3CCCCC3)c12. The molecule has 1 saturated heterocycles. The van der Waals surface area contributed by atoms with Gasteiger partial charge in [-0.15, -0.1) is 0 Å². The van der Waals surface area contributed by atoms with E-state index in [0.717, 1.165) is 35.8 Å². The van der Waals surface area contributed by atoms with Crippen LogP contribution in [0.4, 0.5) is 0 Å². The largest absolute Gasteiger partial charge is 0.346 e. The van der Waals surface area contributed by atoms with Crippen molar-refractivity contribution in [3.8, 4) is 0 Å². The Kier molecular flexibility index (Phi) is 3.65. The number of carbonyl (C=O) groups is 1. The smallest absolute Gasteiger partial charge is 0.152 e. The van der Waals surface area contributed by atoms with E-state index in [4.69, 9.17) is 0 Å². The fraction of sp³-hybridized carbons (Fsp3) is 0.438. The number of nitrogens with zero attached hydrogens (tertiary/aromatic N) is 2. The van der Waals surface area contributed by atoms with Crippen LogP contribution in [0, 0.1) is 0 Å². The molecule has 0 aliphatic carbocycles. The molecule has 1 aliphatic rings. The molecule has 1 aromatic heterocycles. The van der Waals surface area contributed by atoms with Crippen LogP contribution in [0.5, 0.6) is 0 Å². The molecule has 3 nitrogen and oxygen atoms in total. The zero-order chi connectivity index (χ0) is 13.1. The van der Waals surface area contributed by atoms with Crippen molar-refractivity contribution in [2.75, 3.05) is 19.6 Å². The Labute approximate surface area is 113 Å². The third-order valence-corrected chi connectivity index (χ3v) is 4.05. The highest BCUT2D eigenvalue weighted by molar-refractivity contribution is 5.96. The van der Waals surface area contributed by atoms with Crippen molar-refractivity contribution in [2.45, 2.75) is 25.8 Å². The molecular weight excluding hydrogens is 236 g/mol. The van der Waals surface area contributed by atoms with Crippen LogP contribution in [-0.2, 0) is 6.54 Å². The van der Waals surface area contributed by atoms with Crippen LogP contribution in [0.3, 0.4) is 0 Å². The average Bonchev–Trinajstić information content (AvgIpc) is 2.89. The second-order valence-electron chi connectivity index (χ2n) is 5.31. The summed E-state index contributed by atoms with van der Waals surface area (Å²) in [4.78, 5) is 13.7. The fourth-order valence-electron chi connectivity index (χ4n) is 3.00. The molecule has 0 radical (unpaired) electrons. The van der Waals surface area contributed by atoms with Crippen molar-refractivity contribution < 1.29 is 4.79 Å². The maximum absolute atomic E-state index is 11.2.